The number of methoxy groups -OCH3 is 1. The second-order valence-corrected chi connectivity index (χ2v) is 5.17. The Kier molecular flexibility index (Phi) is 11.4. The fourth-order valence-corrected chi connectivity index (χ4v) is 2.33. The third-order valence-electron chi connectivity index (χ3n) is 3.18. The average Bonchev–Trinajstić information content (AvgIpc) is 2.15. The van der Waals surface area contributed by atoms with Gasteiger partial charge in [-0.05, 0) is 27.2 Å². The summed E-state index contributed by atoms with van der Waals surface area (Å²) < 4.78 is 5.21. The smallest absolute Gasteiger partial charge is 0.0979 e. The number of piperidine rings is 1. The number of hydrogen-bond donors (Lipinski definition) is 2. The van der Waals surface area contributed by atoms with Crippen molar-refractivity contribution in [3.8, 4) is 0 Å². The van der Waals surface area contributed by atoms with E-state index in [1.807, 2.05) is 0 Å². The molecular formula is C11H23NO3Y2. The molecule has 0 saturated carbocycles. The van der Waals surface area contributed by atoms with E-state index in [9.17, 15) is 10.2 Å². The van der Waals surface area contributed by atoms with Crippen molar-refractivity contribution in [3.05, 3.63) is 0 Å². The summed E-state index contributed by atoms with van der Waals surface area (Å²) in [5, 5.41) is 19.4. The molecule has 0 amide bonds. The van der Waals surface area contributed by atoms with Crippen LogP contribution in [0.2, 0.25) is 0 Å². The van der Waals surface area contributed by atoms with Gasteiger partial charge in [-0.1, -0.05) is 0 Å². The van der Waals surface area contributed by atoms with Crippen molar-refractivity contribution >= 4 is 0 Å². The molecule has 1 fully saturated rings. The number of ether oxygens (including phenoxy) is 1. The zero-order chi connectivity index (χ0) is 11.6. The van der Waals surface area contributed by atoms with Crippen molar-refractivity contribution in [2.75, 3.05) is 20.3 Å². The fraction of sp³-hybridized carbons (Fsp3) is 1.00. The first-order chi connectivity index (χ1) is 6.91. The minimum absolute atomic E-state index is 0. The number of likely N-dealkylation sites (tertiary alicyclic amines) is 1. The second kappa shape index (κ2) is 9.07. The van der Waals surface area contributed by atoms with Crippen LogP contribution in [0.15, 0.2) is 0 Å². The Balaban J connectivity index is 0. The molecule has 0 aromatic heterocycles. The Labute approximate surface area is 155 Å². The monoisotopic (exact) mass is 395 g/mol. The predicted octanol–water partition coefficient (Wildman–Crippen LogP) is 0.222. The summed E-state index contributed by atoms with van der Waals surface area (Å²) >= 11 is 0. The number of nitrogens with zero attached hydrogens (tertiary/aromatic N) is 1. The summed E-state index contributed by atoms with van der Waals surface area (Å²) in [6.07, 6.45) is 0.0551. The van der Waals surface area contributed by atoms with Gasteiger partial charge in [0, 0.05) is 84.6 Å². The number of aliphatic hydroxyl groups excluding tert-OH is 2. The molecule has 96 valence electrons. The maximum Gasteiger partial charge on any atom is 0.0979 e. The van der Waals surface area contributed by atoms with Gasteiger partial charge in [-0.25, -0.2) is 0 Å². The summed E-state index contributed by atoms with van der Waals surface area (Å²) in [5.41, 5.74) is -0.0346. The molecule has 1 saturated heterocycles. The largest absolute Gasteiger partial charge is 0.395 e. The predicted molar refractivity (Wildman–Crippen MR) is 58.8 cm³/mol. The number of rotatable bonds is 2. The molecule has 17 heavy (non-hydrogen) atoms. The van der Waals surface area contributed by atoms with Gasteiger partial charge >= 0.3 is 0 Å². The Morgan fingerprint density at radius 3 is 2.18 bits per heavy atom. The van der Waals surface area contributed by atoms with Gasteiger partial charge in [-0.15, -0.1) is 0 Å². The summed E-state index contributed by atoms with van der Waals surface area (Å²) in [4.78, 5) is 2.15. The number of hydrogen-bond acceptors (Lipinski definition) is 4. The molecule has 0 aliphatic carbocycles. The van der Waals surface area contributed by atoms with Gasteiger partial charge < -0.3 is 14.9 Å². The first-order valence-electron chi connectivity index (χ1n) is 5.50. The first kappa shape index (κ1) is 21.3. The summed E-state index contributed by atoms with van der Waals surface area (Å²) in [5.74, 6) is 0. The molecule has 0 unspecified atom stereocenters. The molecule has 1 aliphatic rings. The quantitative estimate of drug-likeness (QED) is 0.703. The molecule has 0 spiro atoms. The van der Waals surface area contributed by atoms with Gasteiger partial charge in [0.2, 0.25) is 0 Å². The van der Waals surface area contributed by atoms with Gasteiger partial charge in [0.15, 0.2) is 0 Å². The topological polar surface area (TPSA) is 52.9 Å². The molecule has 1 heterocycles. The zero-order valence-electron chi connectivity index (χ0n) is 11.3. The van der Waals surface area contributed by atoms with Crippen molar-refractivity contribution in [2.24, 2.45) is 0 Å². The molecule has 2 radical (unpaired) electrons. The van der Waals surface area contributed by atoms with Gasteiger partial charge in [0.25, 0.3) is 0 Å². The van der Waals surface area contributed by atoms with Crippen LogP contribution < -0.4 is 0 Å². The van der Waals surface area contributed by atoms with E-state index in [1.165, 1.54) is 0 Å². The van der Waals surface area contributed by atoms with Crippen molar-refractivity contribution in [2.45, 2.75) is 51.0 Å². The molecule has 2 N–H and O–H groups in total. The zero-order valence-corrected chi connectivity index (χ0v) is 16.9. The maximum absolute atomic E-state index is 10.0. The van der Waals surface area contributed by atoms with Gasteiger partial charge in [0.1, 0.15) is 0 Å². The Morgan fingerprint density at radius 2 is 1.82 bits per heavy atom. The van der Waals surface area contributed by atoms with Gasteiger partial charge in [-0.2, -0.15) is 0 Å². The second-order valence-electron chi connectivity index (χ2n) is 5.17. The normalized spacial score (nSPS) is 30.4. The molecular weight excluding hydrogens is 372 g/mol. The Bertz CT molecular complexity index is 211. The first-order valence-corrected chi connectivity index (χ1v) is 5.50. The standard InChI is InChI=1S/C11H23NO3.2Y/c1-11(2,3)12-6-5-9(15-4)10(14)8(12)7-13;;/h8-10,13-14H,5-7H2,1-4H3;;/t8-,9-,10-;;/m1../s1. The van der Waals surface area contributed by atoms with Crippen LogP contribution in [0.25, 0.3) is 0 Å². The van der Waals surface area contributed by atoms with Crippen LogP contribution in [0.5, 0.6) is 0 Å². The minimum Gasteiger partial charge on any atom is -0.395 e. The molecule has 0 aromatic rings. The molecule has 6 heteroatoms. The summed E-state index contributed by atoms with van der Waals surface area (Å²) in [6.45, 7) is 7.10. The van der Waals surface area contributed by atoms with E-state index < -0.39 is 6.10 Å². The van der Waals surface area contributed by atoms with Crippen molar-refractivity contribution in [1.82, 2.24) is 4.90 Å². The van der Waals surface area contributed by atoms with Crippen LogP contribution in [-0.2, 0) is 70.2 Å². The molecule has 4 nitrogen and oxygen atoms in total. The third-order valence-corrected chi connectivity index (χ3v) is 3.18. The van der Waals surface area contributed by atoms with Crippen LogP contribution >= 0.6 is 0 Å². The van der Waals surface area contributed by atoms with Crippen LogP contribution in [0.1, 0.15) is 27.2 Å². The van der Waals surface area contributed by atoms with E-state index in [0.29, 0.717) is 0 Å². The Hall–Kier alpha value is 2.05. The molecule has 0 aromatic carbocycles. The average molecular weight is 395 g/mol. The van der Waals surface area contributed by atoms with Gasteiger partial charge in [-0.3, -0.25) is 4.90 Å². The van der Waals surface area contributed by atoms with E-state index >= 15 is 0 Å². The molecule has 1 aliphatic heterocycles. The van der Waals surface area contributed by atoms with E-state index in [4.69, 9.17) is 4.74 Å². The van der Waals surface area contributed by atoms with Gasteiger partial charge in [0.05, 0.1) is 24.9 Å². The molecule has 1 rings (SSSR count). The van der Waals surface area contributed by atoms with E-state index in [2.05, 4.69) is 25.7 Å². The summed E-state index contributed by atoms with van der Waals surface area (Å²) in [7, 11) is 1.61. The van der Waals surface area contributed by atoms with Crippen molar-refractivity contribution in [3.63, 3.8) is 0 Å². The minimum atomic E-state index is -0.604. The summed E-state index contributed by atoms with van der Waals surface area (Å²) in [6, 6.07) is -0.219. The molecule has 0 bridgehead atoms. The van der Waals surface area contributed by atoms with Crippen molar-refractivity contribution in [1.29, 1.82) is 0 Å². The third kappa shape index (κ3) is 5.51. The molecule has 3 atom stereocenters. The Morgan fingerprint density at radius 1 is 1.29 bits per heavy atom. The van der Waals surface area contributed by atoms with Crippen LogP contribution in [0, 0.1) is 0 Å². The van der Waals surface area contributed by atoms with E-state index in [1.54, 1.807) is 7.11 Å². The van der Waals surface area contributed by atoms with Crippen molar-refractivity contribution < 1.29 is 80.4 Å². The van der Waals surface area contributed by atoms with E-state index in [0.717, 1.165) is 13.0 Å². The van der Waals surface area contributed by atoms with E-state index in [-0.39, 0.29) is 89.7 Å². The van der Waals surface area contributed by atoms with Crippen LogP contribution in [0.4, 0.5) is 0 Å². The number of aliphatic hydroxyl groups is 2. The SMILES string of the molecule is CO[C@@H]1CCN(C(C)(C)C)[C@H](CO)[C@H]1O.[Y].[Y]. The fourth-order valence-electron chi connectivity index (χ4n) is 2.33. The van der Waals surface area contributed by atoms with Crippen LogP contribution in [0.3, 0.4) is 0 Å². The maximum atomic E-state index is 10.0. The van der Waals surface area contributed by atoms with Crippen LogP contribution in [-0.4, -0.2) is 59.2 Å².